The van der Waals surface area contributed by atoms with Crippen LogP contribution in [0.15, 0.2) is 106 Å². The average molecular weight is 491 g/mol. The van der Waals surface area contributed by atoms with Gasteiger partial charge in [0.15, 0.2) is 0 Å². The largest absolute Gasteiger partial charge is 0.345 e. The van der Waals surface area contributed by atoms with Crippen molar-refractivity contribution in [3.8, 4) is 0 Å². The number of anilines is 3. The highest BCUT2D eigenvalue weighted by Crippen LogP contribution is 2.24. The Morgan fingerprint density at radius 1 is 0.882 bits per heavy atom. The molecule has 0 atom stereocenters. The highest BCUT2D eigenvalue weighted by molar-refractivity contribution is 7.94. The number of rotatable bonds is 8. The molecule has 1 amide bonds. The minimum Gasteiger partial charge on any atom is -0.345 e. The molecule has 4 rings (SSSR count). The SMILES string of the molecule is CN(c1ccccc1)c1ccc(/C=N\NC(=O)c2ccccc2NS(=O)(=O)c2cccs2)cc1. The second kappa shape index (κ2) is 10.3. The van der Waals surface area contributed by atoms with Crippen LogP contribution in [0.5, 0.6) is 0 Å². The standard InChI is InChI=1S/C25H22N4O3S2/c1-29(20-8-3-2-4-9-20)21-15-13-19(14-16-21)18-26-27-25(30)22-10-5-6-11-23(22)28-34(31,32)24-12-7-17-33-24/h2-18,28H,1H3,(H,27,30)/b26-18-. The third kappa shape index (κ3) is 5.51. The molecule has 9 heteroatoms. The van der Waals surface area contributed by atoms with Crippen LogP contribution in [0.3, 0.4) is 0 Å². The van der Waals surface area contributed by atoms with Crippen molar-refractivity contribution in [1.29, 1.82) is 0 Å². The van der Waals surface area contributed by atoms with Gasteiger partial charge in [0.1, 0.15) is 4.21 Å². The zero-order valence-corrected chi connectivity index (χ0v) is 19.9. The normalized spacial score (nSPS) is 11.3. The maximum atomic E-state index is 12.7. The molecule has 0 spiro atoms. The quantitative estimate of drug-likeness (QED) is 0.266. The van der Waals surface area contributed by atoms with E-state index in [-0.39, 0.29) is 15.5 Å². The first-order valence-corrected chi connectivity index (χ1v) is 12.7. The van der Waals surface area contributed by atoms with Crippen LogP contribution in [0.1, 0.15) is 15.9 Å². The van der Waals surface area contributed by atoms with E-state index in [2.05, 4.69) is 20.1 Å². The molecule has 0 radical (unpaired) electrons. The monoisotopic (exact) mass is 490 g/mol. The second-order valence-corrected chi connectivity index (χ2v) is 10.1. The van der Waals surface area contributed by atoms with Crippen LogP contribution in [0.25, 0.3) is 0 Å². The maximum Gasteiger partial charge on any atom is 0.273 e. The van der Waals surface area contributed by atoms with Crippen molar-refractivity contribution in [2.75, 3.05) is 16.7 Å². The molecule has 2 N–H and O–H groups in total. The van der Waals surface area contributed by atoms with E-state index in [1.54, 1.807) is 23.6 Å². The lowest BCUT2D eigenvalue weighted by molar-refractivity contribution is 0.0956. The van der Waals surface area contributed by atoms with Gasteiger partial charge in [0, 0.05) is 18.4 Å². The van der Waals surface area contributed by atoms with Gasteiger partial charge in [-0.25, -0.2) is 13.8 Å². The summed E-state index contributed by atoms with van der Waals surface area (Å²) >= 11 is 1.10. The van der Waals surface area contributed by atoms with Crippen LogP contribution in [0, 0.1) is 0 Å². The molecule has 7 nitrogen and oxygen atoms in total. The lowest BCUT2D eigenvalue weighted by atomic mass is 10.2. The Kier molecular flexibility index (Phi) is 7.05. The van der Waals surface area contributed by atoms with E-state index < -0.39 is 15.9 Å². The summed E-state index contributed by atoms with van der Waals surface area (Å²) in [4.78, 5) is 14.7. The first-order valence-electron chi connectivity index (χ1n) is 10.3. The van der Waals surface area contributed by atoms with E-state index in [0.29, 0.717) is 0 Å². The molecule has 0 fully saturated rings. The molecular formula is C25H22N4O3S2. The van der Waals surface area contributed by atoms with Crippen molar-refractivity contribution >= 4 is 50.5 Å². The minimum atomic E-state index is -3.77. The molecule has 0 unspecified atom stereocenters. The van der Waals surface area contributed by atoms with Crippen LogP contribution in [0.4, 0.5) is 17.1 Å². The van der Waals surface area contributed by atoms with Gasteiger partial charge >= 0.3 is 0 Å². The number of nitrogens with zero attached hydrogens (tertiary/aromatic N) is 2. The Bertz CT molecular complexity index is 1390. The van der Waals surface area contributed by atoms with Gasteiger partial charge in [0.2, 0.25) is 0 Å². The van der Waals surface area contributed by atoms with Crippen LogP contribution in [0.2, 0.25) is 0 Å². The number of thiophene rings is 1. The fraction of sp³-hybridized carbons (Fsp3) is 0.0400. The number of hydrogen-bond donors (Lipinski definition) is 2. The summed E-state index contributed by atoms with van der Waals surface area (Å²) in [6.07, 6.45) is 1.53. The van der Waals surface area contributed by atoms with E-state index >= 15 is 0 Å². The highest BCUT2D eigenvalue weighted by atomic mass is 32.2. The Morgan fingerprint density at radius 2 is 1.56 bits per heavy atom. The number of amides is 1. The number of sulfonamides is 1. The van der Waals surface area contributed by atoms with Gasteiger partial charge in [-0.1, -0.05) is 48.5 Å². The Labute approximate surface area is 202 Å². The third-order valence-corrected chi connectivity index (χ3v) is 7.74. The van der Waals surface area contributed by atoms with Crippen LogP contribution >= 0.6 is 11.3 Å². The zero-order valence-electron chi connectivity index (χ0n) is 18.3. The van der Waals surface area contributed by atoms with Gasteiger partial charge in [0.25, 0.3) is 15.9 Å². The summed E-state index contributed by atoms with van der Waals surface area (Å²) in [7, 11) is -1.79. The molecule has 4 aromatic rings. The van der Waals surface area contributed by atoms with Crippen LogP contribution in [-0.2, 0) is 10.0 Å². The van der Waals surface area contributed by atoms with E-state index in [4.69, 9.17) is 0 Å². The predicted octanol–water partition coefficient (Wildman–Crippen LogP) is 5.08. The van der Waals surface area contributed by atoms with Crippen LogP contribution in [-0.4, -0.2) is 27.6 Å². The van der Waals surface area contributed by atoms with Crippen LogP contribution < -0.4 is 15.0 Å². The molecule has 3 aromatic carbocycles. The van der Waals surface area contributed by atoms with Gasteiger partial charge in [-0.05, 0) is 53.4 Å². The number of nitrogens with one attached hydrogen (secondary N) is 2. The summed E-state index contributed by atoms with van der Waals surface area (Å²) in [5.74, 6) is -0.527. The first-order chi connectivity index (χ1) is 16.4. The Morgan fingerprint density at radius 3 is 2.26 bits per heavy atom. The fourth-order valence-corrected chi connectivity index (χ4v) is 5.26. The summed E-state index contributed by atoms with van der Waals surface area (Å²) in [6, 6.07) is 27.3. The topological polar surface area (TPSA) is 90.9 Å². The Balaban J connectivity index is 1.42. The number of para-hydroxylation sites is 2. The van der Waals surface area contributed by atoms with Crippen molar-refractivity contribution in [2.24, 2.45) is 5.10 Å². The average Bonchev–Trinajstić information content (AvgIpc) is 3.41. The third-order valence-electron chi connectivity index (χ3n) is 4.98. The first kappa shape index (κ1) is 23.2. The van der Waals surface area contributed by atoms with E-state index in [9.17, 15) is 13.2 Å². The van der Waals surface area contributed by atoms with Gasteiger partial charge < -0.3 is 4.90 Å². The molecule has 0 aliphatic rings. The van der Waals surface area contributed by atoms with E-state index in [0.717, 1.165) is 28.3 Å². The minimum absolute atomic E-state index is 0.166. The molecule has 0 saturated carbocycles. The second-order valence-electron chi connectivity index (χ2n) is 7.27. The van der Waals surface area contributed by atoms with Crippen molar-refractivity contribution in [1.82, 2.24) is 5.43 Å². The Hall–Kier alpha value is -3.95. The van der Waals surface area contributed by atoms with Gasteiger partial charge in [0.05, 0.1) is 17.5 Å². The summed E-state index contributed by atoms with van der Waals surface area (Å²) in [5, 5.41) is 5.70. The molecule has 34 heavy (non-hydrogen) atoms. The highest BCUT2D eigenvalue weighted by Gasteiger charge is 2.19. The smallest absolute Gasteiger partial charge is 0.273 e. The summed E-state index contributed by atoms with van der Waals surface area (Å²) in [5.41, 5.74) is 5.69. The number of carbonyl (C=O) groups excluding carboxylic acids is 1. The van der Waals surface area contributed by atoms with E-state index in [1.807, 2.05) is 61.6 Å². The van der Waals surface area contributed by atoms with Gasteiger partial charge in [-0.2, -0.15) is 5.10 Å². The molecule has 0 aliphatic carbocycles. The number of carbonyl (C=O) groups is 1. The fourth-order valence-electron chi connectivity index (χ4n) is 3.19. The number of hydrazone groups is 1. The van der Waals surface area contributed by atoms with Crippen molar-refractivity contribution in [3.05, 3.63) is 108 Å². The van der Waals surface area contributed by atoms with Gasteiger partial charge in [-0.15, -0.1) is 11.3 Å². The molecular weight excluding hydrogens is 468 g/mol. The van der Waals surface area contributed by atoms with Crippen molar-refractivity contribution < 1.29 is 13.2 Å². The summed E-state index contributed by atoms with van der Waals surface area (Å²) in [6.45, 7) is 0. The molecule has 1 heterocycles. The van der Waals surface area contributed by atoms with Gasteiger partial charge in [-0.3, -0.25) is 9.52 Å². The molecule has 0 aliphatic heterocycles. The predicted molar refractivity (Wildman–Crippen MR) is 138 cm³/mol. The molecule has 1 aromatic heterocycles. The molecule has 0 saturated heterocycles. The molecule has 0 bridgehead atoms. The lowest BCUT2D eigenvalue weighted by Gasteiger charge is -2.19. The zero-order chi connectivity index (χ0) is 24.0. The van der Waals surface area contributed by atoms with E-state index in [1.165, 1.54) is 24.4 Å². The summed E-state index contributed by atoms with van der Waals surface area (Å²) < 4.78 is 27.7. The maximum absolute atomic E-state index is 12.7. The lowest BCUT2D eigenvalue weighted by Crippen LogP contribution is -2.21. The number of hydrogen-bond acceptors (Lipinski definition) is 6. The van der Waals surface area contributed by atoms with Crippen molar-refractivity contribution in [3.63, 3.8) is 0 Å². The van der Waals surface area contributed by atoms with Crippen molar-refractivity contribution in [2.45, 2.75) is 4.21 Å². The number of benzene rings is 3. The molecule has 172 valence electrons.